The molecule has 17 heavy (non-hydrogen) atoms. The van der Waals surface area contributed by atoms with E-state index < -0.39 is 17.7 Å². The predicted octanol–water partition coefficient (Wildman–Crippen LogP) is -0.810. The first-order chi connectivity index (χ1) is 7.74. The maximum Gasteiger partial charge on any atom is 0.240 e. The van der Waals surface area contributed by atoms with Gasteiger partial charge in [-0.1, -0.05) is 6.92 Å². The average molecular weight is 244 g/mol. The van der Waals surface area contributed by atoms with E-state index in [-0.39, 0.29) is 24.7 Å². The molecule has 2 unspecified atom stereocenters. The van der Waals surface area contributed by atoms with Crippen molar-refractivity contribution in [3.63, 3.8) is 0 Å². The molecule has 1 heterocycles. The van der Waals surface area contributed by atoms with Gasteiger partial charge in [-0.15, -0.1) is 0 Å². The first-order valence-corrected chi connectivity index (χ1v) is 5.78. The maximum atomic E-state index is 11.7. The van der Waals surface area contributed by atoms with Crippen molar-refractivity contribution in [3.8, 4) is 0 Å². The van der Waals surface area contributed by atoms with Gasteiger partial charge in [-0.2, -0.15) is 0 Å². The van der Waals surface area contributed by atoms with Crippen molar-refractivity contribution in [1.29, 1.82) is 0 Å². The van der Waals surface area contributed by atoms with Gasteiger partial charge < -0.3 is 20.8 Å². The number of nitrogens with zero attached hydrogens (tertiary/aromatic N) is 1. The zero-order valence-corrected chi connectivity index (χ0v) is 10.2. The largest absolute Gasteiger partial charge is 0.368 e. The van der Waals surface area contributed by atoms with Gasteiger partial charge in [0.1, 0.15) is 6.04 Å². The number of primary amides is 1. The van der Waals surface area contributed by atoms with E-state index in [0.717, 1.165) is 0 Å². The molecule has 1 aliphatic heterocycles. The highest BCUT2D eigenvalue weighted by Gasteiger charge is 2.38. The quantitative estimate of drug-likeness (QED) is 0.550. The topological polar surface area (TPSA) is 104 Å². The van der Waals surface area contributed by atoms with Crippen LogP contribution in [0, 0.1) is 5.92 Å². The molecule has 6 heteroatoms. The van der Waals surface area contributed by atoms with Crippen molar-refractivity contribution in [1.82, 2.24) is 4.90 Å². The molecule has 2 atom stereocenters. The molecular weight excluding hydrogens is 224 g/mol. The minimum absolute atomic E-state index is 0.116. The SMILES string of the molecule is CCC(C(N)=O)N1CC(CC(C)(O)O)CC1=O. The van der Waals surface area contributed by atoms with Crippen molar-refractivity contribution < 1.29 is 19.8 Å². The molecule has 0 saturated carbocycles. The van der Waals surface area contributed by atoms with Crippen molar-refractivity contribution in [2.75, 3.05) is 6.54 Å². The van der Waals surface area contributed by atoms with Gasteiger partial charge in [0, 0.05) is 19.4 Å². The fraction of sp³-hybridized carbons (Fsp3) is 0.818. The molecular formula is C11H20N2O4. The van der Waals surface area contributed by atoms with Gasteiger partial charge in [-0.25, -0.2) is 0 Å². The third-order valence-corrected chi connectivity index (χ3v) is 3.01. The summed E-state index contributed by atoms with van der Waals surface area (Å²) in [7, 11) is 0. The Kier molecular flexibility index (Phi) is 4.11. The molecule has 0 radical (unpaired) electrons. The lowest BCUT2D eigenvalue weighted by Gasteiger charge is -2.25. The highest BCUT2D eigenvalue weighted by Crippen LogP contribution is 2.27. The molecule has 1 aliphatic rings. The van der Waals surface area contributed by atoms with E-state index in [1.165, 1.54) is 11.8 Å². The Hall–Kier alpha value is -1.14. The Morgan fingerprint density at radius 1 is 1.65 bits per heavy atom. The van der Waals surface area contributed by atoms with Crippen LogP contribution in [0.15, 0.2) is 0 Å². The number of hydrogen-bond donors (Lipinski definition) is 3. The third-order valence-electron chi connectivity index (χ3n) is 3.01. The van der Waals surface area contributed by atoms with Crippen LogP contribution in [0.2, 0.25) is 0 Å². The molecule has 1 fully saturated rings. The van der Waals surface area contributed by atoms with E-state index in [0.29, 0.717) is 13.0 Å². The Morgan fingerprint density at radius 2 is 2.24 bits per heavy atom. The van der Waals surface area contributed by atoms with E-state index in [2.05, 4.69) is 0 Å². The molecule has 2 amide bonds. The molecule has 6 nitrogen and oxygen atoms in total. The summed E-state index contributed by atoms with van der Waals surface area (Å²) in [5.41, 5.74) is 5.23. The van der Waals surface area contributed by atoms with Crippen LogP contribution < -0.4 is 5.73 Å². The van der Waals surface area contributed by atoms with Gasteiger partial charge in [0.25, 0.3) is 0 Å². The van der Waals surface area contributed by atoms with Crippen LogP contribution in [0.5, 0.6) is 0 Å². The molecule has 0 aliphatic carbocycles. The second-order valence-corrected chi connectivity index (χ2v) is 4.86. The van der Waals surface area contributed by atoms with E-state index in [1.54, 1.807) is 6.92 Å². The van der Waals surface area contributed by atoms with Crippen LogP contribution in [-0.4, -0.2) is 45.3 Å². The molecule has 0 spiro atoms. The standard InChI is InChI=1S/C11H20N2O4/c1-3-8(10(12)15)13-6-7(4-9(13)14)5-11(2,16)17/h7-8,16-17H,3-6H2,1-2H3,(H2,12,15). The molecule has 0 aromatic carbocycles. The number of amides is 2. The Labute approximate surface area is 100 Å². The smallest absolute Gasteiger partial charge is 0.240 e. The predicted molar refractivity (Wildman–Crippen MR) is 60.6 cm³/mol. The average Bonchev–Trinajstić information content (AvgIpc) is 2.44. The number of carbonyl (C=O) groups is 2. The zero-order chi connectivity index (χ0) is 13.2. The van der Waals surface area contributed by atoms with Gasteiger partial charge in [0.2, 0.25) is 11.8 Å². The summed E-state index contributed by atoms with van der Waals surface area (Å²) in [4.78, 5) is 24.4. The minimum Gasteiger partial charge on any atom is -0.368 e. The van der Waals surface area contributed by atoms with Crippen LogP contribution in [0.25, 0.3) is 0 Å². The van der Waals surface area contributed by atoms with Gasteiger partial charge >= 0.3 is 0 Å². The molecule has 0 aromatic rings. The molecule has 0 aromatic heterocycles. The maximum absolute atomic E-state index is 11.7. The summed E-state index contributed by atoms with van der Waals surface area (Å²) in [5, 5.41) is 18.6. The van der Waals surface area contributed by atoms with E-state index in [1.807, 2.05) is 0 Å². The monoisotopic (exact) mass is 244 g/mol. The number of carbonyl (C=O) groups excluding carboxylic acids is 2. The molecule has 1 saturated heterocycles. The van der Waals surface area contributed by atoms with E-state index in [4.69, 9.17) is 5.73 Å². The third kappa shape index (κ3) is 3.67. The second-order valence-electron chi connectivity index (χ2n) is 4.86. The van der Waals surface area contributed by atoms with Crippen LogP contribution in [0.1, 0.15) is 33.1 Å². The molecule has 1 rings (SSSR count). The zero-order valence-electron chi connectivity index (χ0n) is 10.2. The summed E-state index contributed by atoms with van der Waals surface area (Å²) < 4.78 is 0. The number of rotatable bonds is 5. The normalized spacial score (nSPS) is 22.9. The van der Waals surface area contributed by atoms with Crippen LogP contribution >= 0.6 is 0 Å². The number of nitrogens with two attached hydrogens (primary N) is 1. The van der Waals surface area contributed by atoms with Crippen molar-refractivity contribution >= 4 is 11.8 Å². The van der Waals surface area contributed by atoms with Gasteiger partial charge in [0.05, 0.1) is 0 Å². The summed E-state index contributed by atoms with van der Waals surface area (Å²) >= 11 is 0. The highest BCUT2D eigenvalue weighted by atomic mass is 16.5. The lowest BCUT2D eigenvalue weighted by Crippen LogP contribution is -2.45. The van der Waals surface area contributed by atoms with Crippen molar-refractivity contribution in [2.24, 2.45) is 11.7 Å². The number of aliphatic hydroxyl groups is 2. The van der Waals surface area contributed by atoms with Crippen LogP contribution in [0.4, 0.5) is 0 Å². The lowest BCUT2D eigenvalue weighted by atomic mass is 9.99. The van der Waals surface area contributed by atoms with Gasteiger partial charge in [0.15, 0.2) is 5.79 Å². The Bertz CT molecular complexity index is 311. The lowest BCUT2D eigenvalue weighted by molar-refractivity contribution is -0.157. The van der Waals surface area contributed by atoms with Crippen molar-refractivity contribution in [2.45, 2.75) is 44.9 Å². The Morgan fingerprint density at radius 3 is 2.65 bits per heavy atom. The van der Waals surface area contributed by atoms with Gasteiger partial charge in [-0.3, -0.25) is 9.59 Å². The Balaban J connectivity index is 2.67. The van der Waals surface area contributed by atoms with E-state index in [9.17, 15) is 19.8 Å². The summed E-state index contributed by atoms with van der Waals surface area (Å²) in [5.74, 6) is -2.59. The molecule has 0 bridgehead atoms. The summed E-state index contributed by atoms with van der Waals surface area (Å²) in [6.07, 6.45) is 0.828. The minimum atomic E-state index is -1.78. The molecule has 98 valence electrons. The summed E-state index contributed by atoms with van der Waals surface area (Å²) in [6.45, 7) is 3.43. The van der Waals surface area contributed by atoms with E-state index >= 15 is 0 Å². The fourth-order valence-corrected chi connectivity index (χ4v) is 2.37. The number of hydrogen-bond acceptors (Lipinski definition) is 4. The van der Waals surface area contributed by atoms with Gasteiger partial charge in [-0.05, 0) is 19.3 Å². The number of likely N-dealkylation sites (tertiary alicyclic amines) is 1. The van der Waals surface area contributed by atoms with Crippen molar-refractivity contribution in [3.05, 3.63) is 0 Å². The summed E-state index contributed by atoms with van der Waals surface area (Å²) in [6, 6.07) is -0.587. The first kappa shape index (κ1) is 13.9. The second kappa shape index (κ2) is 5.01. The van der Waals surface area contributed by atoms with Crippen LogP contribution in [0.3, 0.4) is 0 Å². The highest BCUT2D eigenvalue weighted by molar-refractivity contribution is 5.87. The fourth-order valence-electron chi connectivity index (χ4n) is 2.37. The molecule has 4 N–H and O–H groups in total. The van der Waals surface area contributed by atoms with Crippen LogP contribution in [-0.2, 0) is 9.59 Å². The first-order valence-electron chi connectivity index (χ1n) is 5.78.